The molecule has 2 heterocycles. The van der Waals surface area contributed by atoms with Crippen molar-refractivity contribution in [3.63, 3.8) is 0 Å². The van der Waals surface area contributed by atoms with Gasteiger partial charge < -0.3 is 22.6 Å². The smallest absolute Gasteiger partial charge is 0.354 e. The molecule has 1 saturated heterocycles. The largest absolute Gasteiger partial charge is 1.00 e. The summed E-state index contributed by atoms with van der Waals surface area (Å²) in [6, 6.07) is 6.56. The van der Waals surface area contributed by atoms with Crippen LogP contribution < -0.4 is 18.1 Å². The Labute approximate surface area is 170 Å². The van der Waals surface area contributed by atoms with E-state index in [4.69, 9.17) is 16.0 Å². The molecule has 1 fully saturated rings. The summed E-state index contributed by atoms with van der Waals surface area (Å²) in [6.07, 6.45) is 1.24. The molecular weight excluding hydrogens is 414 g/mol. The van der Waals surface area contributed by atoms with Crippen molar-refractivity contribution < 1.29 is 41.3 Å². The lowest BCUT2D eigenvalue weighted by molar-refractivity contribution is -0.366. The number of carbonyl (C=O) groups is 3. The highest BCUT2D eigenvalue weighted by Gasteiger charge is 2.40. The van der Waals surface area contributed by atoms with Gasteiger partial charge in [0.05, 0.1) is 24.2 Å². The number of halogens is 3. The number of nitrogens with zero attached hydrogens (tertiary/aromatic N) is 3. The molecule has 0 spiro atoms. The Bertz CT molecular complexity index is 947. The van der Waals surface area contributed by atoms with E-state index in [9.17, 15) is 18.8 Å². The molecule has 0 bridgehead atoms. The van der Waals surface area contributed by atoms with Crippen LogP contribution in [0.2, 0.25) is 5.02 Å². The van der Waals surface area contributed by atoms with Gasteiger partial charge in [0.15, 0.2) is 0 Å². The molecule has 0 radical (unpaired) electrons. The molecule has 4 amide bonds. The molecule has 0 saturated carbocycles. The topological polar surface area (TPSA) is 111 Å². The quantitative estimate of drug-likeness (QED) is 0.461. The van der Waals surface area contributed by atoms with Crippen LogP contribution in [-0.4, -0.2) is 47.1 Å². The highest BCUT2D eigenvalue weighted by molar-refractivity contribution is 6.31. The predicted molar refractivity (Wildman–Crippen MR) is 93.0 cm³/mol. The van der Waals surface area contributed by atoms with Crippen LogP contribution in [-0.2, 0) is 9.59 Å². The molecule has 8 nitrogen and oxygen atoms in total. The second-order valence-electron chi connectivity index (χ2n) is 5.64. The van der Waals surface area contributed by atoms with Crippen molar-refractivity contribution in [3.8, 4) is 11.3 Å². The average molecular weight is 429 g/mol. The number of benzene rings is 1. The van der Waals surface area contributed by atoms with E-state index >= 15 is 0 Å². The van der Waals surface area contributed by atoms with Gasteiger partial charge in [-0.05, 0) is 30.3 Å². The highest BCUT2D eigenvalue weighted by atomic mass is 35.5. The molecule has 11 heteroatoms. The third-order valence-corrected chi connectivity index (χ3v) is 4.03. The molecule has 0 aliphatic carbocycles. The van der Waals surface area contributed by atoms with Crippen molar-refractivity contribution in [2.75, 3.05) is 13.1 Å². The van der Waals surface area contributed by atoms with Gasteiger partial charge in [-0.1, -0.05) is 11.6 Å². The Kier molecular flexibility index (Phi) is 6.90. The zero-order valence-electron chi connectivity index (χ0n) is 14.4. The molecule has 28 heavy (non-hydrogen) atoms. The summed E-state index contributed by atoms with van der Waals surface area (Å²) in [6.45, 7) is -0.0545. The monoisotopic (exact) mass is 428 g/mol. The van der Waals surface area contributed by atoms with Crippen LogP contribution in [0.25, 0.3) is 11.3 Å². The number of urea groups is 1. The van der Waals surface area contributed by atoms with E-state index in [1.54, 1.807) is 12.1 Å². The lowest BCUT2D eigenvalue weighted by Crippen LogP contribution is -3.00. The first-order valence-electron chi connectivity index (χ1n) is 7.96. The van der Waals surface area contributed by atoms with Gasteiger partial charge >= 0.3 is 6.03 Å². The summed E-state index contributed by atoms with van der Waals surface area (Å²) >= 11 is 5.75. The third kappa shape index (κ3) is 4.38. The van der Waals surface area contributed by atoms with E-state index in [-0.39, 0.29) is 36.9 Å². The number of carbonyl (C=O) groups excluding carboxylic acids is 3. The van der Waals surface area contributed by atoms with Crippen molar-refractivity contribution >= 4 is 35.7 Å². The number of imide groups is 3. The summed E-state index contributed by atoms with van der Waals surface area (Å²) in [5, 5.41) is 4.75. The Balaban J connectivity index is 0.00000280. The predicted octanol–water partition coefficient (Wildman–Crippen LogP) is -1.50. The summed E-state index contributed by atoms with van der Waals surface area (Å²) in [5.41, 5.74) is 4.09. The molecule has 3 N–H and O–H groups in total. The summed E-state index contributed by atoms with van der Waals surface area (Å²) in [5.74, 6) is -1.06. The Hall–Kier alpha value is -2.75. The van der Waals surface area contributed by atoms with Crippen molar-refractivity contribution in [3.05, 3.63) is 46.9 Å². The summed E-state index contributed by atoms with van der Waals surface area (Å²) in [4.78, 5) is 36.4. The molecule has 0 unspecified atom stereocenters. The maximum Gasteiger partial charge on any atom is 0.354 e. The van der Waals surface area contributed by atoms with Gasteiger partial charge in [0.25, 0.3) is 5.91 Å². The normalized spacial score (nSPS) is 14.1. The minimum atomic E-state index is -0.813. The number of quaternary nitrogens is 1. The summed E-state index contributed by atoms with van der Waals surface area (Å²) in [7, 11) is 0. The van der Waals surface area contributed by atoms with Gasteiger partial charge in [-0.2, -0.15) is 10.0 Å². The first kappa shape index (κ1) is 21.5. The van der Waals surface area contributed by atoms with Crippen LogP contribution >= 0.6 is 11.6 Å². The zero-order chi connectivity index (χ0) is 19.6. The fourth-order valence-corrected chi connectivity index (χ4v) is 2.62. The average Bonchev–Trinajstić information content (AvgIpc) is 3.20. The van der Waals surface area contributed by atoms with Crippen LogP contribution in [0.1, 0.15) is 12.2 Å². The van der Waals surface area contributed by atoms with Crippen LogP contribution in [0.15, 0.2) is 39.9 Å². The first-order chi connectivity index (χ1) is 12.9. The van der Waals surface area contributed by atoms with Crippen molar-refractivity contribution in [1.29, 1.82) is 0 Å². The van der Waals surface area contributed by atoms with Crippen LogP contribution in [0.4, 0.5) is 9.18 Å². The van der Waals surface area contributed by atoms with E-state index in [0.29, 0.717) is 22.0 Å². The lowest BCUT2D eigenvalue weighted by Gasteiger charge is -2.10. The van der Waals surface area contributed by atoms with Crippen LogP contribution in [0, 0.1) is 5.82 Å². The van der Waals surface area contributed by atoms with Gasteiger partial charge in [-0.25, -0.2) is 14.2 Å². The van der Waals surface area contributed by atoms with Crippen molar-refractivity contribution in [2.24, 2.45) is 5.10 Å². The van der Waals surface area contributed by atoms with E-state index in [1.807, 2.05) is 0 Å². The second kappa shape index (κ2) is 8.96. The van der Waals surface area contributed by atoms with Crippen molar-refractivity contribution in [2.45, 2.75) is 6.42 Å². The number of furan rings is 1. The van der Waals surface area contributed by atoms with Gasteiger partial charge in [0.2, 0.25) is 5.91 Å². The van der Waals surface area contributed by atoms with Gasteiger partial charge in [0.1, 0.15) is 23.9 Å². The van der Waals surface area contributed by atoms with Gasteiger partial charge in [-0.15, -0.1) is 0 Å². The molecule has 0 atom stereocenters. The lowest BCUT2D eigenvalue weighted by atomic mass is 10.2. The molecule has 1 aromatic carbocycles. The summed E-state index contributed by atoms with van der Waals surface area (Å²) < 4.78 is 18.8. The number of rotatable bonds is 5. The van der Waals surface area contributed by atoms with E-state index in [2.05, 4.69) is 10.8 Å². The van der Waals surface area contributed by atoms with E-state index in [1.165, 1.54) is 24.4 Å². The second-order valence-corrected chi connectivity index (χ2v) is 6.05. The SMILES string of the molecule is [Cl-].[NH3+]CCC(=O)N1C(=O)CN(/N=C/c2ccc(-c3ccc(F)c(Cl)c3)o2)C1=O. The minimum Gasteiger partial charge on any atom is -1.00 e. The zero-order valence-corrected chi connectivity index (χ0v) is 15.9. The molecule has 148 valence electrons. The number of hydrazone groups is 1. The standard InChI is InChI=1S/C17H14ClFN4O4.ClH/c18-12-7-10(1-3-13(12)19)14-4-2-11(27-14)8-21-22-9-16(25)23(17(22)26)15(24)5-6-20;/h1-4,7-8H,5-6,9,20H2;1H/b21-8+;. The first-order valence-corrected chi connectivity index (χ1v) is 8.34. The Morgan fingerprint density at radius 1 is 1.32 bits per heavy atom. The maximum absolute atomic E-state index is 13.2. The van der Waals surface area contributed by atoms with Gasteiger partial charge in [0, 0.05) is 5.56 Å². The van der Waals surface area contributed by atoms with E-state index < -0.39 is 23.7 Å². The third-order valence-electron chi connectivity index (χ3n) is 3.74. The molecule has 1 aliphatic heterocycles. The molecule has 1 aromatic heterocycles. The molecule has 1 aliphatic rings. The fourth-order valence-electron chi connectivity index (χ4n) is 2.44. The number of hydrogen-bond acceptors (Lipinski definition) is 5. The highest BCUT2D eigenvalue weighted by Crippen LogP contribution is 2.26. The fraction of sp³-hybridized carbons (Fsp3) is 0.176. The van der Waals surface area contributed by atoms with E-state index in [0.717, 1.165) is 5.01 Å². The minimum absolute atomic E-state index is 0. The molecular formula is C17H15Cl2FN4O4. The van der Waals surface area contributed by atoms with Gasteiger partial charge in [-0.3, -0.25) is 9.59 Å². The van der Waals surface area contributed by atoms with Crippen LogP contribution in [0.3, 0.4) is 0 Å². The molecule has 2 aromatic rings. The van der Waals surface area contributed by atoms with Crippen LogP contribution in [0.5, 0.6) is 0 Å². The maximum atomic E-state index is 13.2. The number of amides is 4. The molecule has 3 rings (SSSR count). The van der Waals surface area contributed by atoms with Crippen molar-refractivity contribution in [1.82, 2.24) is 9.91 Å². The Morgan fingerprint density at radius 2 is 2.07 bits per heavy atom. The Morgan fingerprint density at radius 3 is 2.75 bits per heavy atom. The number of hydrogen-bond donors (Lipinski definition) is 1.